The zero-order valence-electron chi connectivity index (χ0n) is 10.2. The summed E-state index contributed by atoms with van der Waals surface area (Å²) >= 11 is 0. The van der Waals surface area contributed by atoms with Crippen LogP contribution in [0.15, 0.2) is 47.5 Å². The van der Waals surface area contributed by atoms with Crippen LogP contribution in [0.5, 0.6) is 5.88 Å². The maximum absolute atomic E-state index is 12.1. The van der Waals surface area contributed by atoms with Crippen LogP contribution in [0.1, 0.15) is 0 Å². The molecule has 0 amide bonds. The molecule has 1 heterocycles. The number of rotatable bonds is 4. The molecule has 0 saturated carbocycles. The number of nitrogens with zero attached hydrogens (tertiary/aromatic N) is 1. The van der Waals surface area contributed by atoms with Crippen LogP contribution in [0.25, 0.3) is 0 Å². The van der Waals surface area contributed by atoms with Gasteiger partial charge in [-0.1, -0.05) is 0 Å². The Morgan fingerprint density at radius 3 is 2.53 bits per heavy atom. The van der Waals surface area contributed by atoms with Crippen LogP contribution >= 0.6 is 0 Å². The highest BCUT2D eigenvalue weighted by atomic mass is 32.2. The molecule has 6 nitrogen and oxygen atoms in total. The summed E-state index contributed by atoms with van der Waals surface area (Å²) in [5.74, 6) is 0.331. The van der Waals surface area contributed by atoms with Crippen molar-refractivity contribution >= 4 is 21.4 Å². The molecule has 2 aromatic rings. The monoisotopic (exact) mass is 279 g/mol. The van der Waals surface area contributed by atoms with Gasteiger partial charge < -0.3 is 10.5 Å². The Hall–Kier alpha value is -2.28. The number of hydrogen-bond acceptors (Lipinski definition) is 5. The minimum Gasteiger partial charge on any atom is -0.481 e. The summed E-state index contributed by atoms with van der Waals surface area (Å²) < 4.78 is 31.6. The van der Waals surface area contributed by atoms with Crippen molar-refractivity contribution in [1.82, 2.24) is 4.98 Å². The zero-order chi connectivity index (χ0) is 13.9. The van der Waals surface area contributed by atoms with Gasteiger partial charge in [-0.15, -0.1) is 0 Å². The van der Waals surface area contributed by atoms with Gasteiger partial charge in [-0.2, -0.15) is 0 Å². The Morgan fingerprint density at radius 2 is 1.89 bits per heavy atom. The first kappa shape index (κ1) is 13.2. The van der Waals surface area contributed by atoms with Gasteiger partial charge in [0.15, 0.2) is 0 Å². The highest BCUT2D eigenvalue weighted by Gasteiger charge is 2.14. The van der Waals surface area contributed by atoms with Crippen molar-refractivity contribution in [1.29, 1.82) is 0 Å². The first-order valence-electron chi connectivity index (χ1n) is 5.40. The third-order valence-electron chi connectivity index (χ3n) is 2.39. The molecule has 0 atom stereocenters. The summed E-state index contributed by atoms with van der Waals surface area (Å²) in [6, 6.07) is 8.97. The predicted octanol–water partition coefficient (Wildman–Crippen LogP) is 1.47. The molecule has 0 aliphatic rings. The van der Waals surface area contributed by atoms with E-state index >= 15 is 0 Å². The average molecular weight is 279 g/mol. The molecule has 0 fully saturated rings. The smallest absolute Gasteiger partial charge is 0.261 e. The maximum Gasteiger partial charge on any atom is 0.261 e. The van der Waals surface area contributed by atoms with Crippen molar-refractivity contribution in [3.63, 3.8) is 0 Å². The number of sulfonamides is 1. The number of ether oxygens (including phenoxy) is 1. The molecule has 2 rings (SSSR count). The van der Waals surface area contributed by atoms with E-state index < -0.39 is 10.0 Å². The minimum absolute atomic E-state index is 0.137. The molecular weight excluding hydrogens is 266 g/mol. The molecule has 1 aromatic carbocycles. The molecule has 0 saturated heterocycles. The quantitative estimate of drug-likeness (QED) is 0.826. The SMILES string of the molecule is COc1cc(NS(=O)(=O)c2ccc(N)cc2)ccn1. The van der Waals surface area contributed by atoms with E-state index in [2.05, 4.69) is 9.71 Å². The Bertz CT molecular complexity index is 669. The largest absolute Gasteiger partial charge is 0.481 e. The van der Waals surface area contributed by atoms with Gasteiger partial charge in [-0.3, -0.25) is 4.72 Å². The van der Waals surface area contributed by atoms with E-state index in [1.807, 2.05) is 0 Å². The first-order valence-corrected chi connectivity index (χ1v) is 6.88. The highest BCUT2D eigenvalue weighted by molar-refractivity contribution is 7.92. The van der Waals surface area contributed by atoms with Gasteiger partial charge in [0.2, 0.25) is 5.88 Å². The van der Waals surface area contributed by atoms with E-state index in [9.17, 15) is 8.42 Å². The minimum atomic E-state index is -3.64. The molecular formula is C12H13N3O3S. The lowest BCUT2D eigenvalue weighted by atomic mass is 10.3. The van der Waals surface area contributed by atoms with Crippen LogP contribution in [-0.4, -0.2) is 20.5 Å². The number of anilines is 2. The Balaban J connectivity index is 2.28. The fourth-order valence-corrected chi connectivity index (χ4v) is 2.50. The zero-order valence-corrected chi connectivity index (χ0v) is 11.0. The molecule has 3 N–H and O–H groups in total. The highest BCUT2D eigenvalue weighted by Crippen LogP contribution is 2.19. The maximum atomic E-state index is 12.1. The summed E-state index contributed by atoms with van der Waals surface area (Å²) in [7, 11) is -2.19. The van der Waals surface area contributed by atoms with Crippen molar-refractivity contribution in [2.45, 2.75) is 4.90 Å². The summed E-state index contributed by atoms with van der Waals surface area (Å²) in [6.45, 7) is 0. The van der Waals surface area contributed by atoms with Gasteiger partial charge in [-0.25, -0.2) is 13.4 Å². The number of aromatic nitrogens is 1. The molecule has 19 heavy (non-hydrogen) atoms. The third kappa shape index (κ3) is 3.14. The second-order valence-electron chi connectivity index (χ2n) is 3.76. The van der Waals surface area contributed by atoms with Crippen molar-refractivity contribution in [3.05, 3.63) is 42.6 Å². The van der Waals surface area contributed by atoms with Gasteiger partial charge in [-0.05, 0) is 30.3 Å². The predicted molar refractivity (Wildman–Crippen MR) is 72.5 cm³/mol. The van der Waals surface area contributed by atoms with Crippen LogP contribution in [0.3, 0.4) is 0 Å². The van der Waals surface area contributed by atoms with Crippen LogP contribution in [0.4, 0.5) is 11.4 Å². The van der Waals surface area contributed by atoms with E-state index in [0.29, 0.717) is 17.3 Å². The molecule has 1 aromatic heterocycles. The number of nitrogens with two attached hydrogens (primary N) is 1. The number of nitrogens with one attached hydrogen (secondary N) is 1. The number of nitrogen functional groups attached to an aromatic ring is 1. The van der Waals surface area contributed by atoms with E-state index in [0.717, 1.165) is 0 Å². The molecule has 0 unspecified atom stereocenters. The molecule has 0 bridgehead atoms. The van der Waals surface area contributed by atoms with Crippen LogP contribution < -0.4 is 15.2 Å². The average Bonchev–Trinajstić information content (AvgIpc) is 2.39. The number of methoxy groups -OCH3 is 1. The van der Waals surface area contributed by atoms with Gasteiger partial charge >= 0.3 is 0 Å². The molecule has 0 aliphatic carbocycles. The Morgan fingerprint density at radius 1 is 1.21 bits per heavy atom. The Kier molecular flexibility index (Phi) is 3.57. The molecule has 0 radical (unpaired) electrons. The van der Waals surface area contributed by atoms with Gasteiger partial charge in [0, 0.05) is 18.0 Å². The summed E-state index contributed by atoms with van der Waals surface area (Å²) in [6.07, 6.45) is 1.46. The molecule has 0 spiro atoms. The van der Waals surface area contributed by atoms with Crippen molar-refractivity contribution in [2.75, 3.05) is 17.6 Å². The van der Waals surface area contributed by atoms with Crippen LogP contribution in [0.2, 0.25) is 0 Å². The van der Waals surface area contributed by atoms with E-state index in [1.54, 1.807) is 0 Å². The topological polar surface area (TPSA) is 94.3 Å². The van der Waals surface area contributed by atoms with E-state index in [1.165, 1.54) is 49.7 Å². The normalized spacial score (nSPS) is 11.0. The van der Waals surface area contributed by atoms with E-state index in [4.69, 9.17) is 10.5 Å². The lowest BCUT2D eigenvalue weighted by Crippen LogP contribution is -2.13. The van der Waals surface area contributed by atoms with Crippen molar-refractivity contribution < 1.29 is 13.2 Å². The second-order valence-corrected chi connectivity index (χ2v) is 5.44. The summed E-state index contributed by atoms with van der Waals surface area (Å²) in [5.41, 5.74) is 6.40. The third-order valence-corrected chi connectivity index (χ3v) is 3.78. The summed E-state index contributed by atoms with van der Waals surface area (Å²) in [4.78, 5) is 4.04. The van der Waals surface area contributed by atoms with E-state index in [-0.39, 0.29) is 4.90 Å². The molecule has 7 heteroatoms. The van der Waals surface area contributed by atoms with Gasteiger partial charge in [0.05, 0.1) is 17.7 Å². The molecule has 100 valence electrons. The molecule has 0 aliphatic heterocycles. The first-order chi connectivity index (χ1) is 9.01. The summed E-state index contributed by atoms with van der Waals surface area (Å²) in [5, 5.41) is 0. The standard InChI is InChI=1S/C12H13N3O3S/c1-18-12-8-10(6-7-14-12)15-19(16,17)11-4-2-9(13)3-5-11/h2-8H,13H2,1H3,(H,14,15). The fourth-order valence-electron chi connectivity index (χ4n) is 1.45. The Labute approximate surface area is 111 Å². The number of pyridine rings is 1. The van der Waals surface area contributed by atoms with Gasteiger partial charge in [0.25, 0.3) is 10.0 Å². The van der Waals surface area contributed by atoms with Crippen molar-refractivity contribution in [3.8, 4) is 5.88 Å². The second kappa shape index (κ2) is 5.15. The number of hydrogen-bond donors (Lipinski definition) is 2. The lowest BCUT2D eigenvalue weighted by molar-refractivity contribution is 0.398. The number of benzene rings is 1. The van der Waals surface area contributed by atoms with Crippen LogP contribution in [0, 0.1) is 0 Å². The fraction of sp³-hybridized carbons (Fsp3) is 0.0833. The van der Waals surface area contributed by atoms with Crippen molar-refractivity contribution in [2.24, 2.45) is 0 Å². The lowest BCUT2D eigenvalue weighted by Gasteiger charge is -2.08. The van der Waals surface area contributed by atoms with Crippen LogP contribution in [-0.2, 0) is 10.0 Å². The van der Waals surface area contributed by atoms with Gasteiger partial charge in [0.1, 0.15) is 0 Å².